The molecule has 0 spiro atoms. The average molecular weight is 243 g/mol. The van der Waals surface area contributed by atoms with Gasteiger partial charge in [-0.1, -0.05) is 0 Å². The van der Waals surface area contributed by atoms with E-state index in [-0.39, 0.29) is 0 Å². The third kappa shape index (κ3) is 1.52. The molecule has 0 saturated carbocycles. The average Bonchev–Trinajstić information content (AvgIpc) is 2.91. The molecule has 0 aliphatic heterocycles. The van der Waals surface area contributed by atoms with Crippen molar-refractivity contribution >= 4 is 16.7 Å². The first-order valence-electron chi connectivity index (χ1n) is 5.54. The van der Waals surface area contributed by atoms with Crippen LogP contribution in [0.25, 0.3) is 22.4 Å². The van der Waals surface area contributed by atoms with Crippen LogP contribution in [0.1, 0.15) is 0 Å². The minimum absolute atomic E-state index is 0.600. The maximum atomic E-state index is 5.88. The predicted octanol–water partition coefficient (Wildman–Crippen LogP) is 2.42. The number of nitrogen functional groups attached to an aromatic ring is 1. The van der Waals surface area contributed by atoms with Crippen molar-refractivity contribution in [1.82, 2.24) is 9.78 Å². The normalized spacial score (nSPS) is 11.0. The summed E-state index contributed by atoms with van der Waals surface area (Å²) >= 11 is 0. The van der Waals surface area contributed by atoms with Crippen LogP contribution in [-0.2, 0) is 7.05 Å². The van der Waals surface area contributed by atoms with E-state index in [0.29, 0.717) is 11.4 Å². The van der Waals surface area contributed by atoms with Crippen molar-refractivity contribution < 1.29 is 9.15 Å². The largest absolute Gasteiger partial charge is 0.497 e. The molecule has 0 aliphatic carbocycles. The summed E-state index contributed by atoms with van der Waals surface area (Å²) in [6.07, 6.45) is 1.61. The van der Waals surface area contributed by atoms with Crippen molar-refractivity contribution in [2.75, 3.05) is 12.8 Å². The number of nitrogens with zero attached hydrogens (tertiary/aromatic N) is 2. The lowest BCUT2D eigenvalue weighted by Crippen LogP contribution is -1.94. The molecule has 0 unspecified atom stereocenters. The number of hydrogen-bond donors (Lipinski definition) is 1. The Morgan fingerprint density at radius 1 is 1.33 bits per heavy atom. The molecular formula is C13H13N3O2. The first kappa shape index (κ1) is 10.7. The van der Waals surface area contributed by atoms with Gasteiger partial charge >= 0.3 is 0 Å². The van der Waals surface area contributed by atoms with Crippen molar-refractivity contribution in [3.05, 3.63) is 30.5 Å². The zero-order chi connectivity index (χ0) is 12.7. The Bertz CT molecular complexity index is 693. The number of furan rings is 1. The van der Waals surface area contributed by atoms with Gasteiger partial charge in [-0.05, 0) is 24.3 Å². The Morgan fingerprint density at radius 2 is 2.17 bits per heavy atom. The standard InChI is InChI=1S/C13H13N3O2/c1-16-13(10(14)7-15-16)12-6-8-5-9(17-2)3-4-11(8)18-12/h3-7H,14H2,1-2H3. The second-order valence-corrected chi connectivity index (χ2v) is 4.09. The molecule has 92 valence electrons. The summed E-state index contributed by atoms with van der Waals surface area (Å²) in [5, 5.41) is 5.08. The van der Waals surface area contributed by atoms with E-state index >= 15 is 0 Å². The minimum atomic E-state index is 0.600. The van der Waals surface area contributed by atoms with E-state index in [1.54, 1.807) is 18.0 Å². The maximum Gasteiger partial charge on any atom is 0.155 e. The fourth-order valence-corrected chi connectivity index (χ4v) is 2.02. The summed E-state index contributed by atoms with van der Waals surface area (Å²) in [5.41, 5.74) is 8.06. The number of rotatable bonds is 2. The van der Waals surface area contributed by atoms with Crippen LogP contribution in [-0.4, -0.2) is 16.9 Å². The third-order valence-corrected chi connectivity index (χ3v) is 2.92. The lowest BCUT2D eigenvalue weighted by Gasteiger charge is -1.98. The van der Waals surface area contributed by atoms with Crippen LogP contribution in [0.2, 0.25) is 0 Å². The van der Waals surface area contributed by atoms with E-state index in [0.717, 1.165) is 22.4 Å². The predicted molar refractivity (Wildman–Crippen MR) is 69.4 cm³/mol. The van der Waals surface area contributed by atoms with Gasteiger partial charge in [-0.3, -0.25) is 4.68 Å². The molecule has 0 aliphatic rings. The number of ether oxygens (including phenoxy) is 1. The van der Waals surface area contributed by atoms with Gasteiger partial charge < -0.3 is 14.9 Å². The van der Waals surface area contributed by atoms with E-state index < -0.39 is 0 Å². The number of aryl methyl sites for hydroxylation is 1. The van der Waals surface area contributed by atoms with Gasteiger partial charge in [-0.25, -0.2) is 0 Å². The zero-order valence-corrected chi connectivity index (χ0v) is 10.2. The molecule has 2 heterocycles. The van der Waals surface area contributed by atoms with E-state index in [1.165, 1.54) is 0 Å². The lowest BCUT2D eigenvalue weighted by atomic mass is 10.2. The monoisotopic (exact) mass is 243 g/mol. The molecule has 5 heteroatoms. The number of anilines is 1. The molecule has 3 rings (SSSR count). The Morgan fingerprint density at radius 3 is 2.83 bits per heavy atom. The molecule has 0 saturated heterocycles. The number of fused-ring (bicyclic) bond motifs is 1. The van der Waals surface area contributed by atoms with Crippen LogP contribution in [0, 0.1) is 0 Å². The maximum absolute atomic E-state index is 5.88. The summed E-state index contributed by atoms with van der Waals surface area (Å²) in [7, 11) is 3.47. The molecule has 18 heavy (non-hydrogen) atoms. The Hall–Kier alpha value is -2.43. The van der Waals surface area contributed by atoms with Gasteiger partial charge in [0.05, 0.1) is 19.0 Å². The van der Waals surface area contributed by atoms with Gasteiger partial charge in [0.15, 0.2) is 5.76 Å². The minimum Gasteiger partial charge on any atom is -0.497 e. The van der Waals surface area contributed by atoms with Gasteiger partial charge in [0.25, 0.3) is 0 Å². The van der Waals surface area contributed by atoms with E-state index in [1.807, 2.05) is 31.3 Å². The van der Waals surface area contributed by atoms with Gasteiger partial charge in [0.2, 0.25) is 0 Å². The summed E-state index contributed by atoms with van der Waals surface area (Å²) < 4.78 is 12.7. The van der Waals surface area contributed by atoms with E-state index in [2.05, 4.69) is 5.10 Å². The smallest absolute Gasteiger partial charge is 0.155 e. The fourth-order valence-electron chi connectivity index (χ4n) is 2.02. The van der Waals surface area contributed by atoms with Crippen LogP contribution >= 0.6 is 0 Å². The summed E-state index contributed by atoms with van der Waals surface area (Å²) in [6.45, 7) is 0. The molecule has 5 nitrogen and oxygen atoms in total. The first-order chi connectivity index (χ1) is 8.69. The molecule has 0 fully saturated rings. The lowest BCUT2D eigenvalue weighted by molar-refractivity contribution is 0.415. The highest BCUT2D eigenvalue weighted by Crippen LogP contribution is 2.32. The highest BCUT2D eigenvalue weighted by atomic mass is 16.5. The van der Waals surface area contributed by atoms with Gasteiger partial charge in [0, 0.05) is 12.4 Å². The van der Waals surface area contributed by atoms with E-state index in [4.69, 9.17) is 14.9 Å². The van der Waals surface area contributed by atoms with Crippen LogP contribution in [0.3, 0.4) is 0 Å². The highest BCUT2D eigenvalue weighted by molar-refractivity contribution is 5.85. The number of nitrogens with two attached hydrogens (primary N) is 1. The number of benzene rings is 1. The van der Waals surface area contributed by atoms with Gasteiger partial charge in [0.1, 0.15) is 17.0 Å². The number of hydrogen-bond acceptors (Lipinski definition) is 4. The second-order valence-electron chi connectivity index (χ2n) is 4.09. The Balaban J connectivity index is 2.19. The molecule has 2 N–H and O–H groups in total. The topological polar surface area (TPSA) is 66.2 Å². The molecule has 0 atom stereocenters. The van der Waals surface area contributed by atoms with Gasteiger partial charge in [-0.2, -0.15) is 5.10 Å². The van der Waals surface area contributed by atoms with Crippen LogP contribution in [0.4, 0.5) is 5.69 Å². The molecule has 0 radical (unpaired) electrons. The van der Waals surface area contributed by atoms with Crippen molar-refractivity contribution in [1.29, 1.82) is 0 Å². The highest BCUT2D eigenvalue weighted by Gasteiger charge is 2.13. The second kappa shape index (κ2) is 3.80. The summed E-state index contributed by atoms with van der Waals surface area (Å²) in [4.78, 5) is 0. The zero-order valence-electron chi connectivity index (χ0n) is 10.2. The third-order valence-electron chi connectivity index (χ3n) is 2.92. The molecule has 0 amide bonds. The van der Waals surface area contributed by atoms with Crippen molar-refractivity contribution in [3.8, 4) is 17.2 Å². The Labute approximate surface area is 104 Å². The van der Waals surface area contributed by atoms with Crippen molar-refractivity contribution in [2.24, 2.45) is 7.05 Å². The van der Waals surface area contributed by atoms with Crippen molar-refractivity contribution in [3.63, 3.8) is 0 Å². The van der Waals surface area contributed by atoms with Gasteiger partial charge in [-0.15, -0.1) is 0 Å². The number of aromatic nitrogens is 2. The molecule has 3 aromatic rings. The molecular weight excluding hydrogens is 230 g/mol. The SMILES string of the molecule is COc1ccc2oc(-c3c(N)cnn3C)cc2c1. The summed E-state index contributed by atoms with van der Waals surface area (Å²) in [5.74, 6) is 1.50. The Kier molecular flexibility index (Phi) is 2.26. The first-order valence-corrected chi connectivity index (χ1v) is 5.54. The van der Waals surface area contributed by atoms with Crippen LogP contribution < -0.4 is 10.5 Å². The fraction of sp³-hybridized carbons (Fsp3) is 0.154. The number of methoxy groups -OCH3 is 1. The van der Waals surface area contributed by atoms with Crippen LogP contribution in [0.5, 0.6) is 5.75 Å². The molecule has 1 aromatic carbocycles. The molecule has 0 bridgehead atoms. The summed E-state index contributed by atoms with van der Waals surface area (Å²) in [6, 6.07) is 7.60. The van der Waals surface area contributed by atoms with E-state index in [9.17, 15) is 0 Å². The quantitative estimate of drug-likeness (QED) is 0.750. The van der Waals surface area contributed by atoms with Crippen molar-refractivity contribution in [2.45, 2.75) is 0 Å². The van der Waals surface area contributed by atoms with Crippen LogP contribution in [0.15, 0.2) is 34.9 Å². The molecule has 2 aromatic heterocycles.